The number of ether oxygens (including phenoxy) is 2. The first-order valence-corrected chi connectivity index (χ1v) is 11.0. The van der Waals surface area contributed by atoms with Crippen molar-refractivity contribution in [3.63, 3.8) is 0 Å². The Balaban J connectivity index is 1.64. The molecule has 2 amide bonds. The number of benzene rings is 2. The molecule has 1 fully saturated rings. The van der Waals surface area contributed by atoms with Crippen molar-refractivity contribution in [3.8, 4) is 5.75 Å². The molecule has 8 heteroatoms. The van der Waals surface area contributed by atoms with E-state index in [1.54, 1.807) is 24.9 Å². The Hall–Kier alpha value is -2.55. The average Bonchev–Trinajstić information content (AvgIpc) is 2.80. The molecular weight excluding hydrogens is 402 g/mol. The monoisotopic (exact) mass is 429 g/mol. The molecule has 1 aliphatic heterocycles. The van der Waals surface area contributed by atoms with Crippen molar-refractivity contribution < 1.29 is 19.1 Å². The van der Waals surface area contributed by atoms with Gasteiger partial charge in [-0.05, 0) is 42.2 Å². The summed E-state index contributed by atoms with van der Waals surface area (Å²) in [4.78, 5) is 28.0. The van der Waals surface area contributed by atoms with Crippen molar-refractivity contribution in [2.75, 3.05) is 51.5 Å². The molecule has 1 aliphatic rings. The molecule has 160 valence electrons. The summed E-state index contributed by atoms with van der Waals surface area (Å²) >= 11 is 1.57. The molecule has 7 nitrogen and oxygen atoms in total. The van der Waals surface area contributed by atoms with Crippen molar-refractivity contribution in [3.05, 3.63) is 54.1 Å². The van der Waals surface area contributed by atoms with Gasteiger partial charge in [-0.2, -0.15) is 0 Å². The summed E-state index contributed by atoms with van der Waals surface area (Å²) in [6.07, 6.45) is 1.96. The highest BCUT2D eigenvalue weighted by atomic mass is 32.2. The van der Waals surface area contributed by atoms with Gasteiger partial charge in [0.05, 0.1) is 26.4 Å². The minimum absolute atomic E-state index is 0.0589. The number of anilines is 1. The number of carbonyl (C=O) groups excluding carboxylic acids is 2. The first kappa shape index (κ1) is 22.1. The molecule has 0 radical (unpaired) electrons. The molecular formula is C22H27N3O4S. The summed E-state index contributed by atoms with van der Waals surface area (Å²) in [5.74, 6) is -0.560. The van der Waals surface area contributed by atoms with Crippen LogP contribution in [0.3, 0.4) is 0 Å². The number of methoxy groups -OCH3 is 1. The van der Waals surface area contributed by atoms with Crippen LogP contribution in [0.5, 0.6) is 5.75 Å². The van der Waals surface area contributed by atoms with Crippen molar-refractivity contribution in [1.29, 1.82) is 0 Å². The van der Waals surface area contributed by atoms with E-state index in [-0.39, 0.29) is 6.04 Å². The fraction of sp³-hybridized carbons (Fsp3) is 0.364. The maximum Gasteiger partial charge on any atom is 0.313 e. The van der Waals surface area contributed by atoms with Gasteiger partial charge in [-0.15, -0.1) is 11.8 Å². The Bertz CT molecular complexity index is 854. The summed E-state index contributed by atoms with van der Waals surface area (Å²) < 4.78 is 10.7. The van der Waals surface area contributed by atoms with Gasteiger partial charge in [0.15, 0.2) is 0 Å². The number of nitrogens with zero attached hydrogens (tertiary/aromatic N) is 1. The maximum absolute atomic E-state index is 12.4. The highest BCUT2D eigenvalue weighted by molar-refractivity contribution is 7.98. The molecule has 2 N–H and O–H groups in total. The molecule has 0 aromatic heterocycles. The third kappa shape index (κ3) is 5.98. The summed E-state index contributed by atoms with van der Waals surface area (Å²) in [6.45, 7) is 3.14. The van der Waals surface area contributed by atoms with Crippen LogP contribution in [0.2, 0.25) is 0 Å². The Morgan fingerprint density at radius 2 is 1.87 bits per heavy atom. The molecule has 0 bridgehead atoms. The smallest absolute Gasteiger partial charge is 0.313 e. The van der Waals surface area contributed by atoms with Gasteiger partial charge < -0.3 is 20.1 Å². The number of hydrogen-bond donors (Lipinski definition) is 2. The Kier molecular flexibility index (Phi) is 8.12. The van der Waals surface area contributed by atoms with Gasteiger partial charge in [-0.3, -0.25) is 14.5 Å². The summed E-state index contributed by atoms with van der Waals surface area (Å²) in [5.41, 5.74) is 1.65. The van der Waals surface area contributed by atoms with Crippen LogP contribution in [0.15, 0.2) is 53.4 Å². The van der Waals surface area contributed by atoms with Crippen molar-refractivity contribution in [1.82, 2.24) is 10.2 Å². The van der Waals surface area contributed by atoms with Gasteiger partial charge in [0.2, 0.25) is 0 Å². The van der Waals surface area contributed by atoms with E-state index in [2.05, 4.69) is 15.5 Å². The molecule has 1 saturated heterocycles. The second kappa shape index (κ2) is 11.0. The lowest BCUT2D eigenvalue weighted by molar-refractivity contribution is -0.136. The molecule has 30 heavy (non-hydrogen) atoms. The molecule has 0 spiro atoms. The molecule has 0 saturated carbocycles. The van der Waals surface area contributed by atoms with Crippen LogP contribution in [0.1, 0.15) is 11.6 Å². The number of nitrogens with one attached hydrogen (secondary N) is 2. The van der Waals surface area contributed by atoms with E-state index in [1.165, 1.54) is 0 Å². The lowest BCUT2D eigenvalue weighted by Gasteiger charge is -2.34. The SMILES string of the molecule is COc1ccc([C@H](CNC(=O)C(=O)Nc2cccc(SC)c2)N2CCOCC2)cc1. The van der Waals surface area contributed by atoms with E-state index in [0.29, 0.717) is 25.4 Å². The van der Waals surface area contributed by atoms with E-state index in [1.807, 2.05) is 48.7 Å². The first-order valence-electron chi connectivity index (χ1n) is 9.79. The van der Waals surface area contributed by atoms with Gasteiger partial charge in [0.1, 0.15) is 5.75 Å². The topological polar surface area (TPSA) is 79.9 Å². The third-order valence-corrected chi connectivity index (χ3v) is 5.70. The number of carbonyl (C=O) groups is 2. The van der Waals surface area contributed by atoms with Crippen LogP contribution < -0.4 is 15.4 Å². The number of amides is 2. The molecule has 1 heterocycles. The second-order valence-electron chi connectivity index (χ2n) is 6.83. The number of hydrogen-bond acceptors (Lipinski definition) is 6. The fourth-order valence-corrected chi connectivity index (χ4v) is 3.79. The van der Waals surface area contributed by atoms with Crippen molar-refractivity contribution >= 4 is 29.3 Å². The van der Waals surface area contributed by atoms with Gasteiger partial charge in [-0.1, -0.05) is 18.2 Å². The zero-order chi connectivity index (χ0) is 21.3. The molecule has 1 atom stereocenters. The van der Waals surface area contributed by atoms with Crippen molar-refractivity contribution in [2.45, 2.75) is 10.9 Å². The zero-order valence-electron chi connectivity index (χ0n) is 17.2. The first-order chi connectivity index (χ1) is 14.6. The van der Waals surface area contributed by atoms with Crippen molar-refractivity contribution in [2.24, 2.45) is 0 Å². The highest BCUT2D eigenvalue weighted by Gasteiger charge is 2.24. The molecule has 3 rings (SSSR count). The highest BCUT2D eigenvalue weighted by Crippen LogP contribution is 2.24. The maximum atomic E-state index is 12.4. The zero-order valence-corrected chi connectivity index (χ0v) is 18.0. The minimum atomic E-state index is -0.677. The summed E-state index contributed by atoms with van der Waals surface area (Å²) in [5, 5.41) is 5.45. The number of morpholine rings is 1. The molecule has 2 aromatic rings. The van der Waals surface area contributed by atoms with E-state index in [4.69, 9.17) is 9.47 Å². The van der Waals surface area contributed by atoms with Gasteiger partial charge in [0, 0.05) is 30.2 Å². The molecule has 2 aromatic carbocycles. The van der Waals surface area contributed by atoms with Crippen LogP contribution in [0.4, 0.5) is 5.69 Å². The summed E-state index contributed by atoms with van der Waals surface area (Å²) in [7, 11) is 1.63. The van der Waals surface area contributed by atoms with Gasteiger partial charge in [0.25, 0.3) is 0 Å². The predicted octanol–water partition coefficient (Wildman–Crippen LogP) is 2.55. The Labute approximate surface area is 181 Å². The van der Waals surface area contributed by atoms with Crippen LogP contribution in [-0.2, 0) is 14.3 Å². The van der Waals surface area contributed by atoms with Gasteiger partial charge in [-0.25, -0.2) is 0 Å². The minimum Gasteiger partial charge on any atom is -0.497 e. The van der Waals surface area contributed by atoms with E-state index in [0.717, 1.165) is 29.3 Å². The quantitative estimate of drug-likeness (QED) is 0.520. The standard InChI is InChI=1S/C22H27N3O4S/c1-28-18-8-6-16(7-9-18)20(25-10-12-29-13-11-25)15-23-21(26)22(27)24-17-4-3-5-19(14-17)30-2/h3-9,14,20H,10-13,15H2,1-2H3,(H,23,26)(H,24,27)/t20-/m0/s1. The van der Waals surface area contributed by atoms with E-state index >= 15 is 0 Å². The number of rotatable bonds is 7. The largest absolute Gasteiger partial charge is 0.497 e. The van der Waals surface area contributed by atoms with E-state index in [9.17, 15) is 9.59 Å². The fourth-order valence-electron chi connectivity index (χ4n) is 3.33. The Morgan fingerprint density at radius 3 is 2.53 bits per heavy atom. The van der Waals surface area contributed by atoms with Crippen LogP contribution in [0, 0.1) is 0 Å². The van der Waals surface area contributed by atoms with Crippen LogP contribution in [0.25, 0.3) is 0 Å². The van der Waals surface area contributed by atoms with E-state index < -0.39 is 11.8 Å². The Morgan fingerprint density at radius 1 is 1.13 bits per heavy atom. The molecule has 0 unspecified atom stereocenters. The van der Waals surface area contributed by atoms with Crippen LogP contribution in [-0.4, -0.2) is 62.9 Å². The average molecular weight is 430 g/mol. The molecule has 0 aliphatic carbocycles. The lowest BCUT2D eigenvalue weighted by atomic mass is 10.0. The van der Waals surface area contributed by atoms with Gasteiger partial charge >= 0.3 is 11.8 Å². The third-order valence-electron chi connectivity index (χ3n) is 4.98. The predicted molar refractivity (Wildman–Crippen MR) is 118 cm³/mol. The normalized spacial score (nSPS) is 15.3. The summed E-state index contributed by atoms with van der Waals surface area (Å²) in [6, 6.07) is 15.1. The second-order valence-corrected chi connectivity index (χ2v) is 7.71. The lowest BCUT2D eigenvalue weighted by Crippen LogP contribution is -2.45. The number of thioether (sulfide) groups is 1. The van der Waals surface area contributed by atoms with Crippen LogP contribution >= 0.6 is 11.8 Å².